The number of aliphatic carboxylic acids is 1. The molecular formula is C12H20F3NO4S. The highest BCUT2D eigenvalue weighted by molar-refractivity contribution is 7.99. The maximum absolute atomic E-state index is 11.9. The summed E-state index contributed by atoms with van der Waals surface area (Å²) in [5.41, 5.74) is -0.755. The fraction of sp³-hybridized carbons (Fsp3) is 0.833. The molecule has 0 bridgehead atoms. The number of carbonyl (C=O) groups excluding carboxylic acids is 1. The lowest BCUT2D eigenvalue weighted by Crippen LogP contribution is -2.43. The minimum Gasteiger partial charge on any atom is -0.480 e. The molecular weight excluding hydrogens is 311 g/mol. The Morgan fingerprint density at radius 3 is 2.24 bits per heavy atom. The van der Waals surface area contributed by atoms with Gasteiger partial charge in [-0.25, -0.2) is 9.59 Å². The Morgan fingerprint density at radius 1 is 1.24 bits per heavy atom. The normalized spacial score (nSPS) is 13.6. The van der Waals surface area contributed by atoms with Crippen molar-refractivity contribution in [2.75, 3.05) is 11.5 Å². The van der Waals surface area contributed by atoms with E-state index in [0.717, 1.165) is 11.8 Å². The van der Waals surface area contributed by atoms with E-state index >= 15 is 0 Å². The van der Waals surface area contributed by atoms with Gasteiger partial charge < -0.3 is 15.2 Å². The number of alkyl halides is 3. The van der Waals surface area contributed by atoms with Crippen molar-refractivity contribution in [1.29, 1.82) is 0 Å². The third kappa shape index (κ3) is 12.3. The number of alkyl carbamates (subject to hydrolysis) is 1. The minimum absolute atomic E-state index is 0.0249. The van der Waals surface area contributed by atoms with Gasteiger partial charge in [-0.2, -0.15) is 24.9 Å². The third-order valence-electron chi connectivity index (χ3n) is 2.07. The standard InChI is InChI=1S/C12H20F3NO4S/c1-11(2,3)20-10(19)16-8(9(17)18)4-6-21-7-5-12(13,14)15/h8H,4-7H2,1-3H3,(H,16,19)(H,17,18). The topological polar surface area (TPSA) is 75.6 Å². The molecule has 1 unspecified atom stereocenters. The van der Waals surface area contributed by atoms with E-state index < -0.39 is 36.3 Å². The lowest BCUT2D eigenvalue weighted by atomic mass is 10.2. The first kappa shape index (κ1) is 19.9. The SMILES string of the molecule is CC(C)(C)OC(=O)NC(CCSCCC(F)(F)F)C(=O)O. The average Bonchev–Trinajstić information content (AvgIpc) is 2.22. The summed E-state index contributed by atoms with van der Waals surface area (Å²) in [7, 11) is 0. The van der Waals surface area contributed by atoms with Crippen LogP contribution in [0.3, 0.4) is 0 Å². The highest BCUT2D eigenvalue weighted by Gasteiger charge is 2.27. The smallest absolute Gasteiger partial charge is 0.408 e. The molecule has 0 spiro atoms. The van der Waals surface area contributed by atoms with Crippen molar-refractivity contribution in [3.63, 3.8) is 0 Å². The van der Waals surface area contributed by atoms with E-state index in [9.17, 15) is 22.8 Å². The molecule has 0 rings (SSSR count). The fourth-order valence-corrected chi connectivity index (χ4v) is 2.18. The number of nitrogens with one attached hydrogen (secondary N) is 1. The van der Waals surface area contributed by atoms with Crippen LogP contribution >= 0.6 is 11.8 Å². The van der Waals surface area contributed by atoms with Crippen molar-refractivity contribution in [1.82, 2.24) is 5.32 Å². The monoisotopic (exact) mass is 331 g/mol. The molecule has 0 aromatic rings. The van der Waals surface area contributed by atoms with Crippen LogP contribution in [0.25, 0.3) is 0 Å². The highest BCUT2D eigenvalue weighted by atomic mass is 32.2. The summed E-state index contributed by atoms with van der Waals surface area (Å²) >= 11 is 0.991. The van der Waals surface area contributed by atoms with Crippen molar-refractivity contribution in [2.45, 2.75) is 51.4 Å². The predicted molar refractivity (Wildman–Crippen MR) is 73.4 cm³/mol. The lowest BCUT2D eigenvalue weighted by molar-refractivity contribution is -0.139. The molecule has 5 nitrogen and oxygen atoms in total. The molecule has 0 aromatic heterocycles. The molecule has 124 valence electrons. The van der Waals surface area contributed by atoms with Gasteiger partial charge in [-0.15, -0.1) is 0 Å². The summed E-state index contributed by atoms with van der Waals surface area (Å²) in [6.07, 6.45) is -5.98. The van der Waals surface area contributed by atoms with Crippen LogP contribution in [0.15, 0.2) is 0 Å². The predicted octanol–water partition coefficient (Wildman–Crippen LogP) is 3.04. The molecule has 1 amide bonds. The first-order chi connectivity index (χ1) is 9.41. The Balaban J connectivity index is 4.09. The quantitative estimate of drug-likeness (QED) is 0.701. The summed E-state index contributed by atoms with van der Waals surface area (Å²) in [4.78, 5) is 22.4. The van der Waals surface area contributed by atoms with Crippen molar-refractivity contribution in [2.24, 2.45) is 0 Å². The number of rotatable bonds is 7. The number of hydrogen-bond donors (Lipinski definition) is 2. The highest BCUT2D eigenvalue weighted by Crippen LogP contribution is 2.22. The first-order valence-corrected chi connectivity index (χ1v) is 7.43. The van der Waals surface area contributed by atoms with Gasteiger partial charge in [0.15, 0.2) is 0 Å². The average molecular weight is 331 g/mol. The van der Waals surface area contributed by atoms with Crippen molar-refractivity contribution in [3.8, 4) is 0 Å². The van der Waals surface area contributed by atoms with E-state index in [1.807, 2.05) is 0 Å². The molecule has 0 aliphatic heterocycles. The Labute approximate surface area is 125 Å². The molecule has 0 aliphatic rings. The molecule has 0 aromatic carbocycles. The van der Waals surface area contributed by atoms with Gasteiger partial charge in [0.1, 0.15) is 11.6 Å². The zero-order chi connectivity index (χ0) is 16.7. The number of carbonyl (C=O) groups is 2. The summed E-state index contributed by atoms with van der Waals surface area (Å²) in [6, 6.07) is -1.18. The molecule has 0 radical (unpaired) electrons. The van der Waals surface area contributed by atoms with Crippen molar-refractivity contribution < 1.29 is 32.6 Å². The van der Waals surface area contributed by atoms with Crippen molar-refractivity contribution in [3.05, 3.63) is 0 Å². The number of carboxylic acid groups (broad SMARTS) is 1. The van der Waals surface area contributed by atoms with Gasteiger partial charge in [0.2, 0.25) is 0 Å². The van der Waals surface area contributed by atoms with E-state index in [2.05, 4.69) is 5.32 Å². The van der Waals surface area contributed by atoms with Crippen LogP contribution in [0.4, 0.5) is 18.0 Å². The van der Waals surface area contributed by atoms with Crippen LogP contribution in [-0.2, 0) is 9.53 Å². The summed E-state index contributed by atoms with van der Waals surface area (Å²) < 4.78 is 40.7. The number of amides is 1. The summed E-state index contributed by atoms with van der Waals surface area (Å²) in [5.74, 6) is -1.19. The van der Waals surface area contributed by atoms with Crippen LogP contribution in [-0.4, -0.2) is 46.5 Å². The maximum atomic E-state index is 11.9. The molecule has 0 saturated heterocycles. The fourth-order valence-electron chi connectivity index (χ4n) is 1.20. The number of ether oxygens (including phenoxy) is 1. The number of halogens is 3. The van der Waals surface area contributed by atoms with Gasteiger partial charge >= 0.3 is 18.2 Å². The second-order valence-corrected chi connectivity index (χ2v) is 6.53. The molecule has 0 aliphatic carbocycles. The van der Waals surface area contributed by atoms with Gasteiger partial charge in [0.05, 0.1) is 6.42 Å². The number of hydrogen-bond acceptors (Lipinski definition) is 4. The van der Waals surface area contributed by atoms with Crippen LogP contribution in [0, 0.1) is 0 Å². The van der Waals surface area contributed by atoms with Gasteiger partial charge in [-0.1, -0.05) is 0 Å². The first-order valence-electron chi connectivity index (χ1n) is 6.27. The molecule has 21 heavy (non-hydrogen) atoms. The zero-order valence-electron chi connectivity index (χ0n) is 12.1. The van der Waals surface area contributed by atoms with Crippen LogP contribution in [0.5, 0.6) is 0 Å². The van der Waals surface area contributed by atoms with Gasteiger partial charge in [0, 0.05) is 5.75 Å². The van der Waals surface area contributed by atoms with Gasteiger partial charge in [0.25, 0.3) is 0 Å². The van der Waals surface area contributed by atoms with E-state index in [1.165, 1.54) is 0 Å². The number of thioether (sulfide) groups is 1. The third-order valence-corrected chi connectivity index (χ3v) is 3.09. The zero-order valence-corrected chi connectivity index (χ0v) is 12.9. The Morgan fingerprint density at radius 2 is 1.81 bits per heavy atom. The second-order valence-electron chi connectivity index (χ2n) is 5.30. The van der Waals surface area contributed by atoms with E-state index in [4.69, 9.17) is 9.84 Å². The van der Waals surface area contributed by atoms with Crippen LogP contribution in [0.1, 0.15) is 33.6 Å². The largest absolute Gasteiger partial charge is 0.480 e. The Hall–Kier alpha value is -1.12. The number of carboxylic acids is 1. The summed E-state index contributed by atoms with van der Waals surface area (Å²) in [5, 5.41) is 11.1. The maximum Gasteiger partial charge on any atom is 0.408 e. The Bertz CT molecular complexity index is 355. The van der Waals surface area contributed by atoms with Crippen LogP contribution < -0.4 is 5.32 Å². The van der Waals surface area contributed by atoms with E-state index in [0.29, 0.717) is 0 Å². The second kappa shape index (κ2) is 8.35. The van der Waals surface area contributed by atoms with Crippen molar-refractivity contribution >= 4 is 23.8 Å². The van der Waals surface area contributed by atoms with Gasteiger partial charge in [-0.05, 0) is 32.9 Å². The minimum atomic E-state index is -4.21. The summed E-state index contributed by atoms with van der Waals surface area (Å²) in [6.45, 7) is 4.90. The molecule has 1 atom stereocenters. The van der Waals surface area contributed by atoms with Crippen LogP contribution in [0.2, 0.25) is 0 Å². The van der Waals surface area contributed by atoms with E-state index in [-0.39, 0.29) is 17.9 Å². The molecule has 2 N–H and O–H groups in total. The molecule has 0 heterocycles. The Kier molecular flexibility index (Phi) is 7.91. The van der Waals surface area contributed by atoms with Gasteiger partial charge in [-0.3, -0.25) is 0 Å². The van der Waals surface area contributed by atoms with E-state index in [1.54, 1.807) is 20.8 Å². The lowest BCUT2D eigenvalue weighted by Gasteiger charge is -2.21. The molecule has 0 saturated carbocycles. The molecule has 9 heteroatoms. The molecule has 0 fully saturated rings.